The highest BCUT2D eigenvalue weighted by Gasteiger charge is 2.25. The highest BCUT2D eigenvalue weighted by atomic mass is 16.5. The van der Waals surface area contributed by atoms with Crippen LogP contribution in [0.1, 0.15) is 6.42 Å². The molecule has 176 valence electrons. The predicted molar refractivity (Wildman–Crippen MR) is 123 cm³/mol. The molecule has 3 unspecified atom stereocenters. The summed E-state index contributed by atoms with van der Waals surface area (Å²) >= 11 is 0. The summed E-state index contributed by atoms with van der Waals surface area (Å²) in [4.78, 5) is 4.66. The Morgan fingerprint density at radius 3 is 2.23 bits per heavy atom. The predicted octanol–water partition coefficient (Wildman–Crippen LogP) is 2.27. The standard InChI is InChI=1S/C24H40N2O5/c1-27-17-13-25(21-9-5-7-11-23(21)29-3)15-19-31-20-16-26(14-18-28-2)22-10-6-8-12-24(22)30-4/h5-11,21,23-24H,12-20H2,1-4H3. The maximum absolute atomic E-state index is 6.04. The van der Waals surface area contributed by atoms with Crippen molar-refractivity contribution in [1.29, 1.82) is 0 Å². The smallest absolute Gasteiger partial charge is 0.100 e. The molecule has 0 fully saturated rings. The summed E-state index contributed by atoms with van der Waals surface area (Å²) in [6.07, 6.45) is 15.8. The summed E-state index contributed by atoms with van der Waals surface area (Å²) in [5.41, 5.74) is 1.19. The highest BCUT2D eigenvalue weighted by Crippen LogP contribution is 2.20. The lowest BCUT2D eigenvalue weighted by atomic mass is 10.0. The van der Waals surface area contributed by atoms with Gasteiger partial charge in [0.25, 0.3) is 0 Å². The summed E-state index contributed by atoms with van der Waals surface area (Å²) in [7, 11) is 6.98. The lowest BCUT2D eigenvalue weighted by molar-refractivity contribution is 0.0238. The molecular weight excluding hydrogens is 396 g/mol. The zero-order chi connectivity index (χ0) is 22.3. The molecule has 0 aromatic carbocycles. The van der Waals surface area contributed by atoms with E-state index in [9.17, 15) is 0 Å². The third kappa shape index (κ3) is 8.52. The quantitative estimate of drug-likeness (QED) is 0.344. The molecule has 0 saturated heterocycles. The fourth-order valence-corrected chi connectivity index (χ4v) is 3.89. The number of allylic oxidation sites excluding steroid dienone is 4. The van der Waals surface area contributed by atoms with E-state index in [2.05, 4.69) is 46.3 Å². The first-order valence-electron chi connectivity index (χ1n) is 11.1. The first-order chi connectivity index (χ1) is 15.2. The molecule has 0 aliphatic heterocycles. The number of hydrogen-bond donors (Lipinski definition) is 0. The Balaban J connectivity index is 1.84. The van der Waals surface area contributed by atoms with Gasteiger partial charge in [-0.05, 0) is 12.5 Å². The van der Waals surface area contributed by atoms with Crippen LogP contribution in [0.4, 0.5) is 0 Å². The number of ether oxygens (including phenoxy) is 5. The zero-order valence-electron chi connectivity index (χ0n) is 19.6. The lowest BCUT2D eigenvalue weighted by Gasteiger charge is -2.35. The Hall–Kier alpha value is -1.48. The van der Waals surface area contributed by atoms with Crippen LogP contribution in [0.15, 0.2) is 48.2 Å². The largest absolute Gasteiger partial charge is 0.383 e. The molecule has 7 heteroatoms. The first kappa shape index (κ1) is 25.8. The van der Waals surface area contributed by atoms with Crippen LogP contribution in [0.2, 0.25) is 0 Å². The molecule has 0 aromatic rings. The van der Waals surface area contributed by atoms with E-state index in [0.717, 1.165) is 32.6 Å². The van der Waals surface area contributed by atoms with Crippen LogP contribution >= 0.6 is 0 Å². The second-order valence-electron chi connectivity index (χ2n) is 7.56. The summed E-state index contributed by atoms with van der Waals surface area (Å²) in [5.74, 6) is 0. The summed E-state index contributed by atoms with van der Waals surface area (Å²) < 4.78 is 28.0. The monoisotopic (exact) mass is 436 g/mol. The van der Waals surface area contributed by atoms with Crippen molar-refractivity contribution in [2.45, 2.75) is 24.7 Å². The first-order valence-corrected chi connectivity index (χ1v) is 11.1. The second-order valence-corrected chi connectivity index (χ2v) is 7.56. The third-order valence-corrected chi connectivity index (χ3v) is 5.66. The van der Waals surface area contributed by atoms with Gasteiger partial charge in [-0.2, -0.15) is 0 Å². The SMILES string of the molecule is COCCN(CCOCCN(CCOC)C1C=CC=CC1OC)C1=CC=CCC1OC. The van der Waals surface area contributed by atoms with E-state index in [4.69, 9.17) is 23.7 Å². The number of methoxy groups -OCH3 is 4. The van der Waals surface area contributed by atoms with Crippen molar-refractivity contribution in [3.8, 4) is 0 Å². The Labute approximate surface area is 187 Å². The Morgan fingerprint density at radius 2 is 1.48 bits per heavy atom. The molecule has 2 aliphatic rings. The van der Waals surface area contributed by atoms with Gasteiger partial charge in [0, 0.05) is 60.3 Å². The molecule has 0 bridgehead atoms. The van der Waals surface area contributed by atoms with Gasteiger partial charge < -0.3 is 28.6 Å². The molecular formula is C24H40N2O5. The van der Waals surface area contributed by atoms with Gasteiger partial charge in [-0.25, -0.2) is 0 Å². The highest BCUT2D eigenvalue weighted by molar-refractivity contribution is 5.22. The Bertz CT molecular complexity index is 605. The molecule has 0 spiro atoms. The van der Waals surface area contributed by atoms with E-state index >= 15 is 0 Å². The molecule has 7 nitrogen and oxygen atoms in total. The summed E-state index contributed by atoms with van der Waals surface area (Å²) in [6, 6.07) is 0.189. The van der Waals surface area contributed by atoms with Crippen LogP contribution in [-0.2, 0) is 23.7 Å². The maximum Gasteiger partial charge on any atom is 0.100 e. The van der Waals surface area contributed by atoms with Gasteiger partial charge in [0.15, 0.2) is 0 Å². The zero-order valence-corrected chi connectivity index (χ0v) is 19.6. The molecule has 0 heterocycles. The van der Waals surface area contributed by atoms with E-state index in [0.29, 0.717) is 26.4 Å². The van der Waals surface area contributed by atoms with Gasteiger partial charge >= 0.3 is 0 Å². The van der Waals surface area contributed by atoms with Crippen LogP contribution < -0.4 is 0 Å². The van der Waals surface area contributed by atoms with E-state index in [1.807, 2.05) is 6.08 Å². The van der Waals surface area contributed by atoms with Gasteiger partial charge in [-0.15, -0.1) is 0 Å². The fraction of sp³-hybridized carbons (Fsp3) is 0.667. The average Bonchev–Trinajstić information content (AvgIpc) is 2.82. The van der Waals surface area contributed by atoms with Crippen molar-refractivity contribution in [1.82, 2.24) is 9.80 Å². The van der Waals surface area contributed by atoms with Crippen LogP contribution in [-0.4, -0.2) is 109 Å². The molecule has 2 aliphatic carbocycles. The van der Waals surface area contributed by atoms with Gasteiger partial charge in [-0.3, -0.25) is 4.90 Å². The fourth-order valence-electron chi connectivity index (χ4n) is 3.89. The van der Waals surface area contributed by atoms with Crippen LogP contribution in [0.5, 0.6) is 0 Å². The molecule has 0 radical (unpaired) electrons. The van der Waals surface area contributed by atoms with Crippen molar-refractivity contribution in [3.63, 3.8) is 0 Å². The molecule has 31 heavy (non-hydrogen) atoms. The van der Waals surface area contributed by atoms with Crippen molar-refractivity contribution in [3.05, 3.63) is 48.2 Å². The Kier molecular flexibility index (Phi) is 12.8. The van der Waals surface area contributed by atoms with Crippen LogP contribution in [0, 0.1) is 0 Å². The average molecular weight is 437 g/mol. The van der Waals surface area contributed by atoms with E-state index in [1.165, 1.54) is 5.70 Å². The van der Waals surface area contributed by atoms with Gasteiger partial charge in [0.1, 0.15) is 6.10 Å². The van der Waals surface area contributed by atoms with Gasteiger partial charge in [-0.1, -0.05) is 36.5 Å². The topological polar surface area (TPSA) is 52.6 Å². The van der Waals surface area contributed by atoms with Crippen LogP contribution in [0.25, 0.3) is 0 Å². The molecule has 3 atom stereocenters. The Morgan fingerprint density at radius 1 is 0.806 bits per heavy atom. The minimum atomic E-state index is 0.0451. The molecule has 0 aromatic heterocycles. The van der Waals surface area contributed by atoms with Gasteiger partial charge in [0.05, 0.1) is 38.6 Å². The number of hydrogen-bond acceptors (Lipinski definition) is 7. The van der Waals surface area contributed by atoms with Crippen molar-refractivity contribution in [2.75, 3.05) is 81.0 Å². The second kappa shape index (κ2) is 15.3. The van der Waals surface area contributed by atoms with E-state index in [-0.39, 0.29) is 18.2 Å². The van der Waals surface area contributed by atoms with Crippen molar-refractivity contribution >= 4 is 0 Å². The van der Waals surface area contributed by atoms with E-state index in [1.54, 1.807) is 28.4 Å². The normalized spacial score (nSPS) is 22.9. The third-order valence-electron chi connectivity index (χ3n) is 5.66. The molecule has 0 saturated carbocycles. The number of nitrogens with zero attached hydrogens (tertiary/aromatic N) is 2. The number of rotatable bonds is 16. The van der Waals surface area contributed by atoms with Gasteiger partial charge in [0.2, 0.25) is 0 Å². The van der Waals surface area contributed by atoms with E-state index < -0.39 is 0 Å². The summed E-state index contributed by atoms with van der Waals surface area (Å²) in [6.45, 7) is 5.90. The summed E-state index contributed by atoms with van der Waals surface area (Å²) in [5, 5.41) is 0. The van der Waals surface area contributed by atoms with Crippen molar-refractivity contribution < 1.29 is 23.7 Å². The van der Waals surface area contributed by atoms with Crippen LogP contribution in [0.3, 0.4) is 0 Å². The minimum absolute atomic E-state index is 0.0451. The lowest BCUT2D eigenvalue weighted by Crippen LogP contribution is -2.46. The molecule has 0 N–H and O–H groups in total. The molecule has 0 amide bonds. The molecule has 2 rings (SSSR count). The minimum Gasteiger partial charge on any atom is -0.383 e. The van der Waals surface area contributed by atoms with Crippen molar-refractivity contribution in [2.24, 2.45) is 0 Å². The maximum atomic E-state index is 6.04.